The number of benzene rings is 1. The van der Waals surface area contributed by atoms with Crippen molar-refractivity contribution in [3.05, 3.63) is 35.9 Å². The first kappa shape index (κ1) is 16.5. The summed E-state index contributed by atoms with van der Waals surface area (Å²) in [7, 11) is 0. The van der Waals surface area contributed by atoms with Gasteiger partial charge in [0.25, 0.3) is 0 Å². The lowest BCUT2D eigenvalue weighted by atomic mass is 9.91. The van der Waals surface area contributed by atoms with Gasteiger partial charge in [-0.25, -0.2) is 0 Å². The Balaban J connectivity index is 1.76. The average molecular weight is 314 g/mol. The van der Waals surface area contributed by atoms with Crippen molar-refractivity contribution < 1.29 is 4.79 Å². The number of carbonyl (C=O) groups is 1. The highest BCUT2D eigenvalue weighted by atomic mass is 16.2. The summed E-state index contributed by atoms with van der Waals surface area (Å²) in [5.74, 6) is 0.679. The number of hydrogen-bond acceptors (Lipinski definition) is 2. The lowest BCUT2D eigenvalue weighted by molar-refractivity contribution is -0.136. The maximum absolute atomic E-state index is 13.2. The Morgan fingerprint density at radius 3 is 2.57 bits per heavy atom. The van der Waals surface area contributed by atoms with Gasteiger partial charge in [0.15, 0.2) is 0 Å². The Labute approximate surface area is 140 Å². The predicted molar refractivity (Wildman–Crippen MR) is 94.1 cm³/mol. The van der Waals surface area contributed by atoms with Crippen LogP contribution in [-0.4, -0.2) is 30.4 Å². The van der Waals surface area contributed by atoms with Gasteiger partial charge in [0, 0.05) is 12.5 Å². The van der Waals surface area contributed by atoms with Gasteiger partial charge in [-0.2, -0.15) is 0 Å². The molecule has 1 aromatic carbocycles. The van der Waals surface area contributed by atoms with E-state index in [2.05, 4.69) is 48.3 Å². The van der Waals surface area contributed by atoms with Crippen molar-refractivity contribution in [3.8, 4) is 0 Å². The molecule has 1 spiro atoms. The smallest absolute Gasteiger partial charge is 0.226 e. The molecule has 1 saturated carbocycles. The Morgan fingerprint density at radius 2 is 1.96 bits per heavy atom. The molecule has 1 amide bonds. The molecule has 0 aromatic heterocycles. The maximum atomic E-state index is 13.2. The van der Waals surface area contributed by atoms with Crippen LogP contribution in [0.2, 0.25) is 0 Å². The third-order valence-electron chi connectivity index (χ3n) is 5.78. The number of piperidine rings is 1. The zero-order valence-corrected chi connectivity index (χ0v) is 14.6. The molecular weight excluding hydrogens is 284 g/mol. The number of hydrogen-bond donors (Lipinski definition) is 1. The first-order valence-electron chi connectivity index (χ1n) is 9.28. The lowest BCUT2D eigenvalue weighted by Crippen LogP contribution is -2.39. The third-order valence-corrected chi connectivity index (χ3v) is 5.78. The van der Waals surface area contributed by atoms with E-state index < -0.39 is 0 Å². The minimum atomic E-state index is 0.225. The Hall–Kier alpha value is -1.35. The molecule has 2 fully saturated rings. The van der Waals surface area contributed by atoms with Crippen LogP contribution in [0.1, 0.15) is 57.6 Å². The van der Waals surface area contributed by atoms with E-state index in [1.165, 1.54) is 18.4 Å². The van der Waals surface area contributed by atoms with E-state index in [-0.39, 0.29) is 12.0 Å². The predicted octanol–water partition coefficient (Wildman–Crippen LogP) is 3.77. The highest BCUT2D eigenvalue weighted by Crippen LogP contribution is 2.59. The summed E-state index contributed by atoms with van der Waals surface area (Å²) in [6.45, 7) is 7.39. The molecule has 2 atom stereocenters. The van der Waals surface area contributed by atoms with Crippen molar-refractivity contribution in [2.45, 2.75) is 52.0 Å². The molecule has 1 heterocycles. The van der Waals surface area contributed by atoms with E-state index in [9.17, 15) is 4.79 Å². The topological polar surface area (TPSA) is 32.3 Å². The summed E-state index contributed by atoms with van der Waals surface area (Å²) in [4.78, 5) is 15.4. The minimum Gasteiger partial charge on any atom is -0.335 e. The second-order valence-electron chi connectivity index (χ2n) is 7.24. The fourth-order valence-electron chi connectivity index (χ4n) is 4.35. The quantitative estimate of drug-likeness (QED) is 0.867. The number of carbonyl (C=O) groups excluding carboxylic acids is 1. The summed E-state index contributed by atoms with van der Waals surface area (Å²) in [6, 6.07) is 10.8. The van der Waals surface area contributed by atoms with Crippen LogP contribution >= 0.6 is 0 Å². The van der Waals surface area contributed by atoms with E-state index in [0.29, 0.717) is 11.3 Å². The van der Waals surface area contributed by atoms with E-state index in [4.69, 9.17) is 0 Å². The van der Waals surface area contributed by atoms with Crippen LogP contribution < -0.4 is 5.32 Å². The first-order valence-corrected chi connectivity index (χ1v) is 9.28. The molecule has 126 valence electrons. The van der Waals surface area contributed by atoms with Gasteiger partial charge in [0.05, 0.1) is 6.04 Å². The summed E-state index contributed by atoms with van der Waals surface area (Å²) in [5.41, 5.74) is 1.60. The van der Waals surface area contributed by atoms with E-state index in [1.807, 2.05) is 6.07 Å². The summed E-state index contributed by atoms with van der Waals surface area (Å²) in [6.07, 6.45) is 5.46. The zero-order valence-electron chi connectivity index (χ0n) is 14.6. The fourth-order valence-corrected chi connectivity index (χ4v) is 4.35. The summed E-state index contributed by atoms with van der Waals surface area (Å²) < 4.78 is 0. The van der Waals surface area contributed by atoms with Gasteiger partial charge in [-0.1, -0.05) is 44.2 Å². The molecule has 0 radical (unpaired) electrons. The third kappa shape index (κ3) is 3.30. The maximum Gasteiger partial charge on any atom is 0.226 e. The van der Waals surface area contributed by atoms with Crippen molar-refractivity contribution in [1.82, 2.24) is 10.2 Å². The van der Waals surface area contributed by atoms with Gasteiger partial charge in [0.1, 0.15) is 0 Å². The van der Waals surface area contributed by atoms with Crippen LogP contribution in [0.15, 0.2) is 30.3 Å². The van der Waals surface area contributed by atoms with E-state index in [0.717, 1.165) is 38.9 Å². The van der Waals surface area contributed by atoms with Crippen molar-refractivity contribution in [2.75, 3.05) is 19.6 Å². The monoisotopic (exact) mass is 314 g/mol. The normalized spacial score (nSPS) is 23.5. The standard InChI is InChI=1S/C20H30N2O/c1-3-14-22(18(4-2)16-8-6-5-7-9-16)19(23)17-15-20(17)10-12-21-13-11-20/h5-9,17-18,21H,3-4,10-15H2,1-2H3. The lowest BCUT2D eigenvalue weighted by Gasteiger charge is -2.33. The number of nitrogens with one attached hydrogen (secondary N) is 1. The van der Waals surface area contributed by atoms with Gasteiger partial charge in [0.2, 0.25) is 5.91 Å². The molecule has 3 rings (SSSR count). The minimum absolute atomic E-state index is 0.225. The van der Waals surface area contributed by atoms with E-state index >= 15 is 0 Å². The molecule has 3 nitrogen and oxygen atoms in total. The highest BCUT2D eigenvalue weighted by molar-refractivity contribution is 5.83. The second-order valence-corrected chi connectivity index (χ2v) is 7.24. The number of nitrogens with zero attached hydrogens (tertiary/aromatic N) is 1. The van der Waals surface area contributed by atoms with Crippen molar-refractivity contribution in [1.29, 1.82) is 0 Å². The molecule has 1 aromatic rings. The van der Waals surface area contributed by atoms with Crippen molar-refractivity contribution >= 4 is 5.91 Å². The molecule has 23 heavy (non-hydrogen) atoms. The van der Waals surface area contributed by atoms with Crippen molar-refractivity contribution in [3.63, 3.8) is 0 Å². The van der Waals surface area contributed by atoms with Crippen LogP contribution in [0.4, 0.5) is 0 Å². The molecule has 2 aliphatic rings. The highest BCUT2D eigenvalue weighted by Gasteiger charge is 2.58. The Kier molecular flexibility index (Phi) is 5.05. The van der Waals surface area contributed by atoms with Crippen LogP contribution in [0, 0.1) is 11.3 Å². The molecule has 0 bridgehead atoms. The average Bonchev–Trinajstić information content (AvgIpc) is 3.28. The van der Waals surface area contributed by atoms with Gasteiger partial charge in [-0.05, 0) is 56.2 Å². The molecule has 1 aliphatic heterocycles. The summed E-state index contributed by atoms with van der Waals surface area (Å²) >= 11 is 0. The number of rotatable bonds is 6. The molecule has 1 saturated heterocycles. The van der Waals surface area contributed by atoms with Gasteiger partial charge >= 0.3 is 0 Å². The molecule has 2 unspecified atom stereocenters. The first-order chi connectivity index (χ1) is 11.2. The van der Waals surface area contributed by atoms with Gasteiger partial charge in [-0.3, -0.25) is 4.79 Å². The fraction of sp³-hybridized carbons (Fsp3) is 0.650. The molecule has 1 N–H and O–H groups in total. The van der Waals surface area contributed by atoms with Crippen molar-refractivity contribution in [2.24, 2.45) is 11.3 Å². The second kappa shape index (κ2) is 7.04. The summed E-state index contributed by atoms with van der Waals surface area (Å²) in [5, 5.41) is 3.43. The zero-order chi connectivity index (χ0) is 16.3. The molecular formula is C20H30N2O. The SMILES string of the molecule is CCCN(C(=O)C1CC12CCNCC2)C(CC)c1ccccc1. The van der Waals surface area contributed by atoms with Gasteiger partial charge < -0.3 is 10.2 Å². The van der Waals surface area contributed by atoms with E-state index in [1.54, 1.807) is 0 Å². The Bertz CT molecular complexity index is 522. The van der Waals surface area contributed by atoms with Crippen LogP contribution in [0.3, 0.4) is 0 Å². The molecule has 3 heteroatoms. The van der Waals surface area contributed by atoms with Crippen LogP contribution in [0.5, 0.6) is 0 Å². The largest absolute Gasteiger partial charge is 0.335 e. The Morgan fingerprint density at radius 1 is 1.26 bits per heavy atom. The van der Waals surface area contributed by atoms with Gasteiger partial charge in [-0.15, -0.1) is 0 Å². The van der Waals surface area contributed by atoms with Crippen LogP contribution in [0.25, 0.3) is 0 Å². The number of amides is 1. The van der Waals surface area contributed by atoms with Crippen LogP contribution in [-0.2, 0) is 4.79 Å². The molecule has 1 aliphatic carbocycles.